The molecule has 0 aromatic heterocycles. The summed E-state index contributed by atoms with van der Waals surface area (Å²) in [5, 5.41) is 3.23. The predicted molar refractivity (Wildman–Crippen MR) is 115 cm³/mol. The van der Waals surface area contributed by atoms with Gasteiger partial charge in [-0.1, -0.05) is 31.9 Å². The van der Waals surface area contributed by atoms with Crippen LogP contribution < -0.4 is 5.32 Å². The Bertz CT molecular complexity index is 832. The number of amides is 1. The molecule has 0 radical (unpaired) electrons. The minimum absolute atomic E-state index is 0.0644. The highest BCUT2D eigenvalue weighted by Gasteiger charge is 2.33. The highest BCUT2D eigenvalue weighted by molar-refractivity contribution is 7.89. The lowest BCUT2D eigenvalue weighted by atomic mass is 9.86. The third-order valence-electron chi connectivity index (χ3n) is 6.60. The molecule has 0 unspecified atom stereocenters. The van der Waals surface area contributed by atoms with Gasteiger partial charge in [0.25, 0.3) is 0 Å². The summed E-state index contributed by atoms with van der Waals surface area (Å²) >= 11 is 0. The highest BCUT2D eigenvalue weighted by atomic mass is 32.2. The van der Waals surface area contributed by atoms with Gasteiger partial charge in [-0.25, -0.2) is 8.42 Å². The quantitative estimate of drug-likeness (QED) is 0.794. The molecule has 1 heterocycles. The summed E-state index contributed by atoms with van der Waals surface area (Å²) < 4.78 is 27.7. The zero-order valence-corrected chi connectivity index (χ0v) is 19.0. The van der Waals surface area contributed by atoms with Crippen LogP contribution in [0.15, 0.2) is 23.1 Å². The Morgan fingerprint density at radius 3 is 2.41 bits per heavy atom. The summed E-state index contributed by atoms with van der Waals surface area (Å²) in [7, 11) is -3.51. The minimum atomic E-state index is -3.51. The fourth-order valence-corrected chi connectivity index (χ4v) is 6.19. The molecular weight excluding hydrogens is 386 g/mol. The Morgan fingerprint density at radius 2 is 1.76 bits per heavy atom. The van der Waals surface area contributed by atoms with Crippen molar-refractivity contribution < 1.29 is 13.2 Å². The van der Waals surface area contributed by atoms with E-state index >= 15 is 0 Å². The van der Waals surface area contributed by atoms with E-state index in [1.807, 2.05) is 32.9 Å². The summed E-state index contributed by atoms with van der Waals surface area (Å²) in [6.45, 7) is 9.84. The molecule has 3 rings (SSSR count). The molecule has 3 atom stereocenters. The van der Waals surface area contributed by atoms with Crippen molar-refractivity contribution in [1.29, 1.82) is 0 Å². The SMILES string of the molecule is Cc1ccc(C)c(S(=O)(=O)N2CCN([C@H](C)C(=O)N[C@@H]3CCCC[C@@H]3C)CC2)c1. The second-order valence-electron chi connectivity index (χ2n) is 8.76. The van der Waals surface area contributed by atoms with Crippen LogP contribution in [0.2, 0.25) is 0 Å². The molecule has 29 heavy (non-hydrogen) atoms. The molecule has 1 aliphatic carbocycles. The lowest BCUT2D eigenvalue weighted by Crippen LogP contribution is -2.56. The fourth-order valence-electron chi connectivity index (χ4n) is 4.46. The van der Waals surface area contributed by atoms with Gasteiger partial charge in [0, 0.05) is 32.2 Å². The Morgan fingerprint density at radius 1 is 1.10 bits per heavy atom. The predicted octanol–water partition coefficient (Wildman–Crippen LogP) is 2.69. The van der Waals surface area contributed by atoms with Crippen LogP contribution in [0.1, 0.15) is 50.7 Å². The smallest absolute Gasteiger partial charge is 0.243 e. The molecule has 0 bridgehead atoms. The number of benzene rings is 1. The molecule has 1 aromatic rings. The van der Waals surface area contributed by atoms with Gasteiger partial charge in [-0.3, -0.25) is 9.69 Å². The number of sulfonamides is 1. The van der Waals surface area contributed by atoms with Crippen LogP contribution in [-0.4, -0.2) is 61.8 Å². The number of carbonyl (C=O) groups excluding carboxylic acids is 1. The first-order chi connectivity index (χ1) is 13.7. The average Bonchev–Trinajstić information content (AvgIpc) is 2.71. The maximum Gasteiger partial charge on any atom is 0.243 e. The van der Waals surface area contributed by atoms with Crippen LogP contribution in [0, 0.1) is 19.8 Å². The van der Waals surface area contributed by atoms with Gasteiger partial charge in [0.2, 0.25) is 15.9 Å². The van der Waals surface area contributed by atoms with Gasteiger partial charge >= 0.3 is 0 Å². The van der Waals surface area contributed by atoms with Crippen LogP contribution in [0.4, 0.5) is 0 Å². The summed E-state index contributed by atoms with van der Waals surface area (Å²) in [6, 6.07) is 5.56. The van der Waals surface area contributed by atoms with E-state index in [-0.39, 0.29) is 18.0 Å². The van der Waals surface area contributed by atoms with Gasteiger partial charge in [-0.2, -0.15) is 4.31 Å². The molecule has 2 fully saturated rings. The second kappa shape index (κ2) is 9.14. The third kappa shape index (κ3) is 5.01. The molecule has 2 aliphatic rings. The van der Waals surface area contributed by atoms with Crippen molar-refractivity contribution in [2.45, 2.75) is 70.4 Å². The summed E-state index contributed by atoms with van der Waals surface area (Å²) in [5.74, 6) is 0.592. The number of hydrogen-bond acceptors (Lipinski definition) is 4. The lowest BCUT2D eigenvalue weighted by Gasteiger charge is -2.38. The number of carbonyl (C=O) groups is 1. The van der Waals surface area contributed by atoms with Crippen LogP contribution in [-0.2, 0) is 14.8 Å². The van der Waals surface area contributed by atoms with E-state index in [4.69, 9.17) is 0 Å². The van der Waals surface area contributed by atoms with E-state index in [1.165, 1.54) is 19.3 Å². The van der Waals surface area contributed by atoms with Crippen LogP contribution in [0.5, 0.6) is 0 Å². The van der Waals surface area contributed by atoms with Gasteiger partial charge in [-0.05, 0) is 56.7 Å². The Hall–Kier alpha value is -1.44. The third-order valence-corrected chi connectivity index (χ3v) is 8.64. The highest BCUT2D eigenvalue weighted by Crippen LogP contribution is 2.25. The Balaban J connectivity index is 1.59. The molecule has 1 saturated carbocycles. The summed E-state index contributed by atoms with van der Waals surface area (Å²) in [5.41, 5.74) is 1.71. The molecule has 1 aliphatic heterocycles. The molecule has 1 saturated heterocycles. The topological polar surface area (TPSA) is 69.7 Å². The molecule has 1 N–H and O–H groups in total. The average molecular weight is 422 g/mol. The zero-order valence-electron chi connectivity index (χ0n) is 18.1. The molecule has 1 amide bonds. The monoisotopic (exact) mass is 421 g/mol. The van der Waals surface area contributed by atoms with E-state index in [0.717, 1.165) is 17.5 Å². The number of nitrogens with one attached hydrogen (secondary N) is 1. The molecule has 0 spiro atoms. The van der Waals surface area contributed by atoms with E-state index in [9.17, 15) is 13.2 Å². The van der Waals surface area contributed by atoms with Crippen molar-refractivity contribution in [1.82, 2.24) is 14.5 Å². The molecule has 1 aromatic carbocycles. The summed E-state index contributed by atoms with van der Waals surface area (Å²) in [6.07, 6.45) is 4.66. The minimum Gasteiger partial charge on any atom is -0.352 e. The van der Waals surface area contributed by atoms with Crippen molar-refractivity contribution in [2.24, 2.45) is 5.92 Å². The van der Waals surface area contributed by atoms with Gasteiger partial charge in [0.15, 0.2) is 0 Å². The molecular formula is C22H35N3O3S. The van der Waals surface area contributed by atoms with Crippen molar-refractivity contribution in [3.8, 4) is 0 Å². The molecule has 7 heteroatoms. The normalized spacial score (nSPS) is 25.5. The first-order valence-corrected chi connectivity index (χ1v) is 12.3. The van der Waals surface area contributed by atoms with E-state index < -0.39 is 10.0 Å². The van der Waals surface area contributed by atoms with Crippen LogP contribution >= 0.6 is 0 Å². The largest absolute Gasteiger partial charge is 0.352 e. The number of rotatable bonds is 5. The number of piperazine rings is 1. The number of hydrogen-bond donors (Lipinski definition) is 1. The summed E-state index contributed by atoms with van der Waals surface area (Å²) in [4.78, 5) is 15.2. The first-order valence-electron chi connectivity index (χ1n) is 10.8. The van der Waals surface area contributed by atoms with E-state index in [1.54, 1.807) is 10.4 Å². The van der Waals surface area contributed by atoms with Crippen LogP contribution in [0.3, 0.4) is 0 Å². The molecule has 6 nitrogen and oxygen atoms in total. The molecule has 162 valence electrons. The Kier molecular flexibility index (Phi) is 7.02. The van der Waals surface area contributed by atoms with Crippen molar-refractivity contribution >= 4 is 15.9 Å². The number of aryl methyl sites for hydroxylation is 2. The standard InChI is InChI=1S/C22H35N3O3S/c1-16-9-10-18(3)21(15-16)29(27,28)25-13-11-24(12-14-25)19(4)22(26)23-20-8-6-5-7-17(20)2/h9-10,15,17,19-20H,5-8,11-14H2,1-4H3,(H,23,26)/t17-,19+,20+/m0/s1. The fraction of sp³-hybridized carbons (Fsp3) is 0.682. The van der Waals surface area contributed by atoms with Crippen molar-refractivity contribution in [3.05, 3.63) is 29.3 Å². The van der Waals surface area contributed by atoms with Gasteiger partial charge in [0.1, 0.15) is 0 Å². The maximum absolute atomic E-state index is 13.1. The zero-order chi connectivity index (χ0) is 21.2. The van der Waals surface area contributed by atoms with Gasteiger partial charge in [0.05, 0.1) is 10.9 Å². The number of nitrogens with zero attached hydrogens (tertiary/aromatic N) is 2. The Labute approximate surface area is 175 Å². The van der Waals surface area contributed by atoms with Crippen LogP contribution in [0.25, 0.3) is 0 Å². The van der Waals surface area contributed by atoms with E-state index in [2.05, 4.69) is 17.1 Å². The van der Waals surface area contributed by atoms with E-state index in [0.29, 0.717) is 37.0 Å². The second-order valence-corrected chi connectivity index (χ2v) is 10.7. The van der Waals surface area contributed by atoms with Crippen molar-refractivity contribution in [2.75, 3.05) is 26.2 Å². The first kappa shape index (κ1) is 22.2. The lowest BCUT2D eigenvalue weighted by molar-refractivity contribution is -0.127. The van der Waals surface area contributed by atoms with Crippen molar-refractivity contribution in [3.63, 3.8) is 0 Å². The maximum atomic E-state index is 13.1. The van der Waals surface area contributed by atoms with Gasteiger partial charge < -0.3 is 5.32 Å². The van der Waals surface area contributed by atoms with Gasteiger partial charge in [-0.15, -0.1) is 0 Å².